The molecule has 144 valence electrons. The molecule has 0 spiro atoms. The van der Waals surface area contributed by atoms with Crippen molar-refractivity contribution in [1.29, 1.82) is 0 Å². The second-order valence-corrected chi connectivity index (χ2v) is 7.78. The molecule has 0 aliphatic carbocycles. The average Bonchev–Trinajstić information content (AvgIpc) is 3.16. The molecule has 1 aliphatic heterocycles. The first-order chi connectivity index (χ1) is 13.6. The van der Waals surface area contributed by atoms with Crippen LogP contribution in [0.2, 0.25) is 10.0 Å². The summed E-state index contributed by atoms with van der Waals surface area (Å²) >= 11 is 12.1. The Bertz CT molecular complexity index is 1000. The Morgan fingerprint density at radius 3 is 2.89 bits per heavy atom. The predicted octanol–water partition coefficient (Wildman–Crippen LogP) is 5.15. The molecule has 1 fully saturated rings. The molecule has 3 aromatic rings. The van der Waals surface area contributed by atoms with Crippen LogP contribution < -0.4 is 4.74 Å². The van der Waals surface area contributed by atoms with Crippen molar-refractivity contribution in [2.75, 3.05) is 13.1 Å². The Morgan fingerprint density at radius 1 is 1.18 bits per heavy atom. The number of aromatic nitrogens is 1. The number of nitrogens with zero attached hydrogens (tertiary/aromatic N) is 2. The highest BCUT2D eigenvalue weighted by atomic mass is 35.5. The topological polar surface area (TPSA) is 42.4 Å². The Morgan fingerprint density at radius 2 is 2.04 bits per heavy atom. The molecular weight excluding hydrogens is 395 g/mol. The van der Waals surface area contributed by atoms with Crippen LogP contribution in [-0.4, -0.2) is 35.0 Å². The summed E-state index contributed by atoms with van der Waals surface area (Å²) in [7, 11) is 0. The lowest BCUT2D eigenvalue weighted by molar-refractivity contribution is -0.130. The minimum absolute atomic E-state index is 0.0179. The zero-order valence-electron chi connectivity index (χ0n) is 15.3. The van der Waals surface area contributed by atoms with Crippen LogP contribution in [0.5, 0.6) is 5.75 Å². The number of rotatable bonds is 5. The Hall–Kier alpha value is -2.30. The number of likely N-dealkylation sites (tertiary alicyclic amines) is 1. The molecule has 2 aromatic carbocycles. The van der Waals surface area contributed by atoms with Crippen LogP contribution in [0.1, 0.15) is 18.4 Å². The van der Waals surface area contributed by atoms with Gasteiger partial charge in [0.2, 0.25) is 5.91 Å². The standard InChI is InChI=1S/C22H20Cl2N2O2/c23-17-8-6-15(19(24)13-17)7-9-21(27)26-12-10-18(14-26)28-20-5-1-3-16-4-2-11-25-22(16)20/h1-6,8,11,13,18H,7,9-10,12,14H2. The molecule has 4 rings (SSSR count). The monoisotopic (exact) mass is 414 g/mol. The zero-order valence-corrected chi connectivity index (χ0v) is 16.8. The van der Waals surface area contributed by atoms with Crippen LogP contribution in [0.25, 0.3) is 10.9 Å². The predicted molar refractivity (Wildman–Crippen MR) is 112 cm³/mol. The van der Waals surface area contributed by atoms with Gasteiger partial charge in [-0.05, 0) is 36.2 Å². The number of ether oxygens (including phenoxy) is 1. The van der Waals surface area contributed by atoms with Gasteiger partial charge in [-0.2, -0.15) is 0 Å². The summed E-state index contributed by atoms with van der Waals surface area (Å²) in [6.07, 6.45) is 3.59. The molecule has 4 nitrogen and oxygen atoms in total. The van der Waals surface area contributed by atoms with Crippen LogP contribution >= 0.6 is 23.2 Å². The van der Waals surface area contributed by atoms with Crippen molar-refractivity contribution in [3.8, 4) is 5.75 Å². The summed E-state index contributed by atoms with van der Waals surface area (Å²) in [6, 6.07) is 15.2. The summed E-state index contributed by atoms with van der Waals surface area (Å²) in [5.41, 5.74) is 1.79. The Labute approximate surface area is 174 Å². The molecule has 1 unspecified atom stereocenters. The van der Waals surface area contributed by atoms with Crippen molar-refractivity contribution in [3.05, 3.63) is 70.3 Å². The molecule has 0 radical (unpaired) electrons. The smallest absolute Gasteiger partial charge is 0.223 e. The summed E-state index contributed by atoms with van der Waals surface area (Å²) in [4.78, 5) is 18.9. The van der Waals surface area contributed by atoms with Crippen LogP contribution in [-0.2, 0) is 11.2 Å². The van der Waals surface area contributed by atoms with Gasteiger partial charge in [0.25, 0.3) is 0 Å². The van der Waals surface area contributed by atoms with E-state index in [4.69, 9.17) is 27.9 Å². The van der Waals surface area contributed by atoms with E-state index in [1.165, 1.54) is 0 Å². The lowest BCUT2D eigenvalue weighted by Crippen LogP contribution is -2.31. The number of carbonyl (C=O) groups excluding carboxylic acids is 1. The second-order valence-electron chi connectivity index (χ2n) is 6.94. The van der Waals surface area contributed by atoms with E-state index in [1.54, 1.807) is 18.3 Å². The summed E-state index contributed by atoms with van der Waals surface area (Å²) in [6.45, 7) is 1.30. The van der Waals surface area contributed by atoms with Crippen molar-refractivity contribution in [3.63, 3.8) is 0 Å². The summed E-state index contributed by atoms with van der Waals surface area (Å²) in [5, 5.41) is 2.25. The third-order valence-corrected chi connectivity index (χ3v) is 5.60. The van der Waals surface area contributed by atoms with Gasteiger partial charge in [0.15, 0.2) is 0 Å². The van der Waals surface area contributed by atoms with Gasteiger partial charge in [0.1, 0.15) is 17.4 Å². The van der Waals surface area contributed by atoms with Crippen LogP contribution in [0.4, 0.5) is 0 Å². The highest BCUT2D eigenvalue weighted by Crippen LogP contribution is 2.27. The van der Waals surface area contributed by atoms with Gasteiger partial charge in [0.05, 0.1) is 6.54 Å². The molecular formula is C22H20Cl2N2O2. The van der Waals surface area contributed by atoms with Gasteiger partial charge in [0, 0.05) is 41.0 Å². The Kier molecular flexibility index (Phi) is 5.69. The number of aryl methyl sites for hydroxylation is 1. The summed E-state index contributed by atoms with van der Waals surface area (Å²) < 4.78 is 6.17. The number of carbonyl (C=O) groups is 1. The molecule has 1 amide bonds. The lowest BCUT2D eigenvalue weighted by Gasteiger charge is -2.18. The van der Waals surface area contributed by atoms with Crippen molar-refractivity contribution in [1.82, 2.24) is 9.88 Å². The molecule has 1 aliphatic rings. The highest BCUT2D eigenvalue weighted by molar-refractivity contribution is 6.35. The van der Waals surface area contributed by atoms with Crippen molar-refractivity contribution >= 4 is 40.0 Å². The summed E-state index contributed by atoms with van der Waals surface area (Å²) in [5.74, 6) is 0.888. The first-order valence-electron chi connectivity index (χ1n) is 9.32. The minimum atomic E-state index is -0.0179. The SMILES string of the molecule is O=C(CCc1ccc(Cl)cc1Cl)N1CCC(Oc2cccc3cccnc23)C1. The minimum Gasteiger partial charge on any atom is -0.486 e. The van der Waals surface area contributed by atoms with Gasteiger partial charge in [-0.1, -0.05) is 47.5 Å². The molecule has 1 aromatic heterocycles. The number of amides is 1. The third-order valence-electron chi connectivity index (χ3n) is 5.01. The quantitative estimate of drug-likeness (QED) is 0.579. The van der Waals surface area contributed by atoms with E-state index in [0.29, 0.717) is 36.0 Å². The molecule has 0 saturated carbocycles. The van der Waals surface area contributed by atoms with E-state index in [0.717, 1.165) is 28.6 Å². The van der Waals surface area contributed by atoms with Crippen LogP contribution in [0.15, 0.2) is 54.7 Å². The van der Waals surface area contributed by atoms with E-state index in [1.807, 2.05) is 41.3 Å². The number of pyridine rings is 1. The first kappa shape index (κ1) is 19.0. The molecule has 1 atom stereocenters. The molecule has 2 heterocycles. The van der Waals surface area contributed by atoms with Crippen molar-refractivity contribution in [2.24, 2.45) is 0 Å². The van der Waals surface area contributed by atoms with Gasteiger partial charge in [-0.25, -0.2) is 0 Å². The fourth-order valence-electron chi connectivity index (χ4n) is 3.53. The molecule has 0 bridgehead atoms. The van der Waals surface area contributed by atoms with E-state index in [9.17, 15) is 4.79 Å². The molecule has 1 saturated heterocycles. The van der Waals surface area contributed by atoms with Crippen molar-refractivity contribution < 1.29 is 9.53 Å². The van der Waals surface area contributed by atoms with Gasteiger partial charge in [-0.3, -0.25) is 9.78 Å². The van der Waals surface area contributed by atoms with Crippen LogP contribution in [0, 0.1) is 0 Å². The first-order valence-corrected chi connectivity index (χ1v) is 10.1. The second kappa shape index (κ2) is 8.38. The normalized spacial score (nSPS) is 16.5. The number of benzene rings is 2. The van der Waals surface area contributed by atoms with Gasteiger partial charge >= 0.3 is 0 Å². The largest absolute Gasteiger partial charge is 0.486 e. The molecule has 28 heavy (non-hydrogen) atoms. The van der Waals surface area contributed by atoms with Crippen molar-refractivity contribution in [2.45, 2.75) is 25.4 Å². The van der Waals surface area contributed by atoms with Gasteiger partial charge in [-0.15, -0.1) is 0 Å². The zero-order chi connectivity index (χ0) is 19.5. The number of para-hydroxylation sites is 1. The van der Waals surface area contributed by atoms with Crippen LogP contribution in [0.3, 0.4) is 0 Å². The van der Waals surface area contributed by atoms with E-state index >= 15 is 0 Å². The number of hydrogen-bond donors (Lipinski definition) is 0. The fraction of sp³-hybridized carbons (Fsp3) is 0.273. The molecule has 6 heteroatoms. The maximum atomic E-state index is 12.6. The number of fused-ring (bicyclic) bond motifs is 1. The average molecular weight is 415 g/mol. The van der Waals surface area contributed by atoms with E-state index in [-0.39, 0.29) is 12.0 Å². The maximum absolute atomic E-state index is 12.6. The van der Waals surface area contributed by atoms with Gasteiger partial charge < -0.3 is 9.64 Å². The number of hydrogen-bond acceptors (Lipinski definition) is 3. The third kappa shape index (κ3) is 4.23. The maximum Gasteiger partial charge on any atom is 0.223 e. The van der Waals surface area contributed by atoms with E-state index < -0.39 is 0 Å². The fourth-order valence-corrected chi connectivity index (χ4v) is 4.03. The highest BCUT2D eigenvalue weighted by Gasteiger charge is 2.27. The Balaban J connectivity index is 1.35. The van der Waals surface area contributed by atoms with E-state index in [2.05, 4.69) is 4.98 Å². The molecule has 0 N–H and O–H groups in total. The number of halogens is 2. The lowest BCUT2D eigenvalue weighted by atomic mass is 10.1.